The largest absolute Gasteiger partial charge is 0.468 e. The molecule has 1 atom stereocenters. The van der Waals surface area contributed by atoms with E-state index in [0.29, 0.717) is 0 Å². The number of carbonyl (C=O) groups is 1. The molecule has 112 valence electrons. The summed E-state index contributed by atoms with van der Waals surface area (Å²) in [6, 6.07) is 0. The normalized spacial score (nSPS) is 18.4. The van der Waals surface area contributed by atoms with E-state index in [1.165, 1.54) is 26.5 Å². The fourth-order valence-corrected chi connectivity index (χ4v) is 2.57. The van der Waals surface area contributed by atoms with Crippen LogP contribution >= 0.6 is 0 Å². The maximum absolute atomic E-state index is 11.8. The zero-order chi connectivity index (χ0) is 14.3. The molecule has 0 bridgehead atoms. The predicted octanol–water partition coefficient (Wildman–Crippen LogP) is 2.04. The minimum Gasteiger partial charge on any atom is -0.468 e. The first-order chi connectivity index (χ1) is 9.01. The number of hydrogen-bond acceptors (Lipinski definition) is 4. The van der Waals surface area contributed by atoms with E-state index in [1.807, 2.05) is 13.8 Å². The summed E-state index contributed by atoms with van der Waals surface area (Å²) in [6.07, 6.45) is 5.84. The van der Waals surface area contributed by atoms with Gasteiger partial charge in [0.25, 0.3) is 0 Å². The van der Waals surface area contributed by atoms with Crippen molar-refractivity contribution in [2.24, 2.45) is 5.92 Å². The van der Waals surface area contributed by atoms with E-state index in [9.17, 15) is 4.79 Å². The van der Waals surface area contributed by atoms with E-state index < -0.39 is 5.54 Å². The van der Waals surface area contributed by atoms with E-state index in [-0.39, 0.29) is 5.97 Å². The average molecular weight is 270 g/mol. The summed E-state index contributed by atoms with van der Waals surface area (Å²) in [5.74, 6) is 0.799. The minimum atomic E-state index is -0.529. The fraction of sp³-hybridized carbons (Fsp3) is 0.933. The standard InChI is InChI=1S/C15H30N2O2/c1-5-16-15(2,14(18)19-4)10-6-7-11-17(3)12-13-8-9-13/h13,16H,5-12H2,1-4H3. The number of unbranched alkanes of at least 4 members (excludes halogenated alkanes) is 1. The Kier molecular flexibility index (Phi) is 6.80. The molecule has 1 fully saturated rings. The van der Waals surface area contributed by atoms with Crippen LogP contribution < -0.4 is 5.32 Å². The summed E-state index contributed by atoms with van der Waals surface area (Å²) in [5, 5.41) is 3.25. The Labute approximate surface area is 117 Å². The van der Waals surface area contributed by atoms with Gasteiger partial charge in [-0.2, -0.15) is 0 Å². The van der Waals surface area contributed by atoms with Crippen molar-refractivity contribution >= 4 is 5.97 Å². The van der Waals surface area contributed by atoms with Gasteiger partial charge in [-0.05, 0) is 65.1 Å². The topological polar surface area (TPSA) is 41.6 Å². The van der Waals surface area contributed by atoms with Crippen molar-refractivity contribution in [1.29, 1.82) is 0 Å². The van der Waals surface area contributed by atoms with Crippen molar-refractivity contribution in [3.05, 3.63) is 0 Å². The number of nitrogens with one attached hydrogen (secondary N) is 1. The van der Waals surface area contributed by atoms with E-state index in [1.54, 1.807) is 0 Å². The van der Waals surface area contributed by atoms with E-state index in [0.717, 1.165) is 38.3 Å². The third kappa shape index (κ3) is 5.91. The molecule has 0 aromatic carbocycles. The molecular weight excluding hydrogens is 240 g/mol. The second-order valence-corrected chi connectivity index (χ2v) is 6.02. The van der Waals surface area contributed by atoms with Crippen LogP contribution in [0.5, 0.6) is 0 Å². The number of rotatable bonds is 10. The summed E-state index contributed by atoms with van der Waals surface area (Å²) >= 11 is 0. The van der Waals surface area contributed by atoms with E-state index >= 15 is 0 Å². The fourth-order valence-electron chi connectivity index (χ4n) is 2.57. The van der Waals surface area contributed by atoms with Crippen LogP contribution in [0.2, 0.25) is 0 Å². The third-order valence-corrected chi connectivity index (χ3v) is 3.94. The molecule has 0 spiro atoms. The number of methoxy groups -OCH3 is 1. The summed E-state index contributed by atoms with van der Waals surface area (Å²) in [4.78, 5) is 14.2. The molecule has 0 aromatic rings. The van der Waals surface area contributed by atoms with Crippen LogP contribution in [0.15, 0.2) is 0 Å². The van der Waals surface area contributed by atoms with Gasteiger partial charge in [-0.25, -0.2) is 0 Å². The molecule has 0 heterocycles. The van der Waals surface area contributed by atoms with Gasteiger partial charge in [0.1, 0.15) is 5.54 Å². The number of nitrogens with zero attached hydrogens (tertiary/aromatic N) is 1. The molecule has 4 nitrogen and oxygen atoms in total. The van der Waals surface area contributed by atoms with Gasteiger partial charge in [-0.1, -0.05) is 6.92 Å². The predicted molar refractivity (Wildman–Crippen MR) is 78.2 cm³/mol. The molecular formula is C15H30N2O2. The molecule has 19 heavy (non-hydrogen) atoms. The highest BCUT2D eigenvalue weighted by Gasteiger charge is 2.32. The molecule has 0 aromatic heterocycles. The van der Waals surface area contributed by atoms with Crippen molar-refractivity contribution in [3.8, 4) is 0 Å². The lowest BCUT2D eigenvalue weighted by Crippen LogP contribution is -2.50. The Morgan fingerprint density at radius 2 is 2.11 bits per heavy atom. The molecule has 4 heteroatoms. The van der Waals surface area contributed by atoms with Crippen molar-refractivity contribution in [1.82, 2.24) is 10.2 Å². The summed E-state index contributed by atoms with van der Waals surface area (Å²) in [7, 11) is 3.66. The molecule has 1 aliphatic carbocycles. The lowest BCUT2D eigenvalue weighted by atomic mass is 9.94. The van der Waals surface area contributed by atoms with Gasteiger partial charge >= 0.3 is 5.97 Å². The van der Waals surface area contributed by atoms with Gasteiger partial charge in [0, 0.05) is 6.54 Å². The number of carbonyl (C=O) groups excluding carboxylic acids is 1. The Morgan fingerprint density at radius 3 is 2.63 bits per heavy atom. The molecule has 1 rings (SSSR count). The zero-order valence-electron chi connectivity index (χ0n) is 13.0. The van der Waals surface area contributed by atoms with Crippen molar-refractivity contribution < 1.29 is 9.53 Å². The summed E-state index contributed by atoms with van der Waals surface area (Å²) < 4.78 is 4.90. The second-order valence-electron chi connectivity index (χ2n) is 6.02. The Hall–Kier alpha value is -0.610. The molecule has 1 saturated carbocycles. The lowest BCUT2D eigenvalue weighted by molar-refractivity contribution is -0.148. The van der Waals surface area contributed by atoms with Crippen LogP contribution in [0, 0.1) is 5.92 Å². The molecule has 1 aliphatic rings. The second kappa shape index (κ2) is 7.85. The first kappa shape index (κ1) is 16.4. The maximum atomic E-state index is 11.8. The average Bonchev–Trinajstić information content (AvgIpc) is 3.18. The minimum absolute atomic E-state index is 0.152. The van der Waals surface area contributed by atoms with Crippen molar-refractivity contribution in [2.75, 3.05) is 33.8 Å². The first-order valence-electron chi connectivity index (χ1n) is 7.54. The van der Waals surface area contributed by atoms with Crippen LogP contribution in [0.25, 0.3) is 0 Å². The van der Waals surface area contributed by atoms with Crippen LogP contribution in [-0.2, 0) is 9.53 Å². The molecule has 1 unspecified atom stereocenters. The van der Waals surface area contributed by atoms with Crippen LogP contribution in [0.4, 0.5) is 0 Å². The molecule has 0 amide bonds. The molecule has 0 saturated heterocycles. The first-order valence-corrected chi connectivity index (χ1v) is 7.54. The Bertz CT molecular complexity index is 279. The van der Waals surface area contributed by atoms with Gasteiger partial charge in [0.2, 0.25) is 0 Å². The van der Waals surface area contributed by atoms with Gasteiger partial charge < -0.3 is 15.0 Å². The lowest BCUT2D eigenvalue weighted by Gasteiger charge is -2.27. The Balaban J connectivity index is 2.21. The Morgan fingerprint density at radius 1 is 1.42 bits per heavy atom. The van der Waals surface area contributed by atoms with Crippen molar-refractivity contribution in [2.45, 2.75) is 51.5 Å². The summed E-state index contributed by atoms with van der Waals surface area (Å²) in [6.45, 7) is 7.11. The highest BCUT2D eigenvalue weighted by Crippen LogP contribution is 2.29. The number of hydrogen-bond donors (Lipinski definition) is 1. The van der Waals surface area contributed by atoms with Crippen LogP contribution in [-0.4, -0.2) is 50.2 Å². The SMILES string of the molecule is CCNC(C)(CCCCN(C)CC1CC1)C(=O)OC. The number of esters is 1. The smallest absolute Gasteiger partial charge is 0.325 e. The highest BCUT2D eigenvalue weighted by molar-refractivity contribution is 5.80. The van der Waals surface area contributed by atoms with Crippen LogP contribution in [0.3, 0.4) is 0 Å². The van der Waals surface area contributed by atoms with Crippen molar-refractivity contribution in [3.63, 3.8) is 0 Å². The number of ether oxygens (including phenoxy) is 1. The van der Waals surface area contributed by atoms with Gasteiger partial charge in [-0.3, -0.25) is 4.79 Å². The van der Waals surface area contributed by atoms with Gasteiger partial charge in [-0.15, -0.1) is 0 Å². The van der Waals surface area contributed by atoms with E-state index in [2.05, 4.69) is 17.3 Å². The molecule has 0 aliphatic heterocycles. The zero-order valence-corrected chi connectivity index (χ0v) is 13.0. The molecule has 1 N–H and O–H groups in total. The van der Waals surface area contributed by atoms with Gasteiger partial charge in [0.05, 0.1) is 7.11 Å². The summed E-state index contributed by atoms with van der Waals surface area (Å²) in [5.41, 5.74) is -0.529. The highest BCUT2D eigenvalue weighted by atomic mass is 16.5. The monoisotopic (exact) mass is 270 g/mol. The van der Waals surface area contributed by atoms with Gasteiger partial charge in [0.15, 0.2) is 0 Å². The van der Waals surface area contributed by atoms with Crippen LogP contribution in [0.1, 0.15) is 46.0 Å². The number of likely N-dealkylation sites (N-methyl/N-ethyl adjacent to an activating group) is 1. The van der Waals surface area contributed by atoms with E-state index in [4.69, 9.17) is 4.74 Å². The maximum Gasteiger partial charge on any atom is 0.325 e. The molecule has 0 radical (unpaired) electrons. The third-order valence-electron chi connectivity index (χ3n) is 3.94. The quantitative estimate of drug-likeness (QED) is 0.487.